The molecule has 0 atom stereocenters. The number of imide groups is 2. The van der Waals surface area contributed by atoms with Gasteiger partial charge < -0.3 is 20.1 Å². The topological polar surface area (TPSA) is 144 Å². The van der Waals surface area contributed by atoms with E-state index in [2.05, 4.69) is 16.3 Å². The first kappa shape index (κ1) is 42.5. The SMILES string of the molecule is C/C(=C\C1CCN(CC2CC2)CC1)C(=O)N1CCC=CC1=O.C/C(=C\C1CCNCC1)C(=O)N1CCC=CC1=O.O=C(O)C(F)(F)F.O=CC1CC1. The Labute approximate surface area is 304 Å². The highest BCUT2D eigenvalue weighted by Crippen LogP contribution is 2.31. The molecular weight excluding hydrogens is 681 g/mol. The lowest BCUT2D eigenvalue weighted by molar-refractivity contribution is -0.192. The zero-order valence-electron chi connectivity index (χ0n) is 30.2. The summed E-state index contributed by atoms with van der Waals surface area (Å²) in [7, 11) is 0. The second-order valence-electron chi connectivity index (χ2n) is 14.1. The van der Waals surface area contributed by atoms with Crippen LogP contribution < -0.4 is 5.32 Å². The number of hydrogen-bond donors (Lipinski definition) is 2. The van der Waals surface area contributed by atoms with Crippen LogP contribution in [0.5, 0.6) is 0 Å². The van der Waals surface area contributed by atoms with Gasteiger partial charge in [-0.2, -0.15) is 13.2 Å². The van der Waals surface area contributed by atoms with Gasteiger partial charge in [0, 0.05) is 36.7 Å². The predicted molar refractivity (Wildman–Crippen MR) is 188 cm³/mol. The third-order valence-corrected chi connectivity index (χ3v) is 9.51. The first-order valence-corrected chi connectivity index (χ1v) is 18.3. The van der Waals surface area contributed by atoms with Crippen LogP contribution >= 0.6 is 0 Å². The molecule has 0 aromatic heterocycles. The summed E-state index contributed by atoms with van der Waals surface area (Å²) in [4.78, 5) is 71.7. The van der Waals surface area contributed by atoms with Crippen molar-refractivity contribution in [3.05, 3.63) is 47.6 Å². The molecule has 2 saturated heterocycles. The van der Waals surface area contributed by atoms with Crippen molar-refractivity contribution >= 4 is 35.9 Å². The molecule has 0 bridgehead atoms. The smallest absolute Gasteiger partial charge is 0.475 e. The van der Waals surface area contributed by atoms with E-state index >= 15 is 0 Å². The van der Waals surface area contributed by atoms with Gasteiger partial charge in [-0.15, -0.1) is 0 Å². The van der Waals surface area contributed by atoms with E-state index in [0.29, 0.717) is 36.4 Å². The molecular formula is C38H53F3N4O7. The van der Waals surface area contributed by atoms with Gasteiger partial charge in [-0.3, -0.25) is 29.0 Å². The molecule has 2 aliphatic carbocycles. The Kier molecular flexibility index (Phi) is 17.1. The number of rotatable bonds is 7. The molecule has 4 amide bonds. The molecule has 11 nitrogen and oxygen atoms in total. The number of carboxylic acids is 1. The summed E-state index contributed by atoms with van der Waals surface area (Å²) >= 11 is 0. The van der Waals surface area contributed by atoms with Crippen LogP contribution in [0.25, 0.3) is 0 Å². The van der Waals surface area contributed by atoms with E-state index in [1.54, 1.807) is 0 Å². The maximum Gasteiger partial charge on any atom is 0.490 e. The minimum absolute atomic E-state index is 0.116. The number of aldehydes is 1. The van der Waals surface area contributed by atoms with Gasteiger partial charge in [0.1, 0.15) is 6.29 Å². The summed E-state index contributed by atoms with van der Waals surface area (Å²) in [5.41, 5.74) is 1.43. The van der Waals surface area contributed by atoms with Crippen LogP contribution in [0.2, 0.25) is 0 Å². The molecule has 0 radical (unpaired) electrons. The van der Waals surface area contributed by atoms with E-state index in [1.807, 2.05) is 32.1 Å². The first-order chi connectivity index (χ1) is 24.7. The molecule has 2 N–H and O–H groups in total. The number of carboxylic acid groups (broad SMARTS) is 1. The normalized spacial score (nSPS) is 21.9. The Morgan fingerprint density at radius 3 is 1.54 bits per heavy atom. The summed E-state index contributed by atoms with van der Waals surface area (Å²) in [6, 6.07) is 0. The molecule has 14 heteroatoms. The highest BCUT2D eigenvalue weighted by atomic mass is 19.4. The summed E-state index contributed by atoms with van der Waals surface area (Å²) in [5, 5.41) is 10.4. The number of nitrogens with one attached hydrogen (secondary N) is 1. The van der Waals surface area contributed by atoms with Crippen molar-refractivity contribution in [2.24, 2.45) is 23.7 Å². The van der Waals surface area contributed by atoms with Gasteiger partial charge in [-0.1, -0.05) is 24.3 Å². The Morgan fingerprint density at radius 2 is 1.19 bits per heavy atom. The number of halogens is 3. The minimum atomic E-state index is -5.08. The third-order valence-electron chi connectivity index (χ3n) is 9.51. The number of piperidine rings is 2. The van der Waals surface area contributed by atoms with Crippen molar-refractivity contribution in [3.63, 3.8) is 0 Å². The molecule has 4 heterocycles. The zero-order valence-corrected chi connectivity index (χ0v) is 30.2. The quantitative estimate of drug-likeness (QED) is 0.277. The minimum Gasteiger partial charge on any atom is -0.475 e. The standard InChI is InChI=1S/C18H26N2O2.C14H20N2O2.C4H6O.C2HF3O2/c1-14(18(22)20-9-3-2-4-17(20)21)12-15-7-10-19(11-8-15)13-16-5-6-16;1-11(10-12-5-7-15-8-6-12)14(18)16-9-3-2-4-13(16)17;5-3-4-1-2-4;3-2(4,5)1(6)7/h2,4,12,15-16H,3,5-11,13H2,1H3;2,4,10,12,15H,3,5-9H2,1H3;3-4H,1-2H2;(H,6,7)/b14-12+;11-10+;;. The monoisotopic (exact) mass is 734 g/mol. The summed E-state index contributed by atoms with van der Waals surface area (Å²) in [6.07, 6.45) is 17.8. The summed E-state index contributed by atoms with van der Waals surface area (Å²) < 4.78 is 31.7. The maximum absolute atomic E-state index is 12.4. The van der Waals surface area contributed by atoms with Crippen LogP contribution in [0.15, 0.2) is 47.6 Å². The van der Waals surface area contributed by atoms with Crippen molar-refractivity contribution in [1.82, 2.24) is 20.0 Å². The highest BCUT2D eigenvalue weighted by molar-refractivity contribution is 6.08. The average molecular weight is 735 g/mol. The van der Waals surface area contributed by atoms with E-state index in [1.165, 1.54) is 41.3 Å². The molecule has 0 aromatic carbocycles. The van der Waals surface area contributed by atoms with Crippen LogP contribution in [0.4, 0.5) is 13.2 Å². The van der Waals surface area contributed by atoms with E-state index in [0.717, 1.165) is 95.3 Å². The van der Waals surface area contributed by atoms with E-state index in [4.69, 9.17) is 9.90 Å². The van der Waals surface area contributed by atoms with Crippen molar-refractivity contribution in [2.45, 2.75) is 84.2 Å². The molecule has 6 aliphatic rings. The Balaban J connectivity index is 0.000000216. The van der Waals surface area contributed by atoms with Gasteiger partial charge >= 0.3 is 12.1 Å². The van der Waals surface area contributed by atoms with E-state index in [-0.39, 0.29) is 23.6 Å². The van der Waals surface area contributed by atoms with Gasteiger partial charge in [-0.25, -0.2) is 4.79 Å². The number of carbonyl (C=O) groups is 6. The second-order valence-corrected chi connectivity index (χ2v) is 14.1. The number of carbonyl (C=O) groups excluding carboxylic acids is 5. The fourth-order valence-corrected chi connectivity index (χ4v) is 6.07. The molecule has 4 aliphatic heterocycles. The molecule has 288 valence electrons. The number of nitrogens with zero attached hydrogens (tertiary/aromatic N) is 3. The molecule has 6 rings (SSSR count). The van der Waals surface area contributed by atoms with E-state index < -0.39 is 12.1 Å². The van der Waals surface area contributed by atoms with Crippen LogP contribution in [0.1, 0.15) is 78.1 Å². The number of hydrogen-bond acceptors (Lipinski definition) is 8. The second kappa shape index (κ2) is 21.0. The van der Waals surface area contributed by atoms with Crippen molar-refractivity contribution < 1.29 is 47.0 Å². The number of amides is 4. The lowest BCUT2D eigenvalue weighted by Gasteiger charge is -2.31. The van der Waals surface area contributed by atoms with Crippen LogP contribution in [0.3, 0.4) is 0 Å². The average Bonchev–Trinajstić information content (AvgIpc) is 4.06. The lowest BCUT2D eigenvalue weighted by atomic mass is 9.94. The molecule has 0 unspecified atom stereocenters. The van der Waals surface area contributed by atoms with Crippen LogP contribution in [-0.4, -0.2) is 108 Å². The first-order valence-electron chi connectivity index (χ1n) is 18.3. The largest absolute Gasteiger partial charge is 0.490 e. The molecule has 2 saturated carbocycles. The predicted octanol–water partition coefficient (Wildman–Crippen LogP) is 4.85. The van der Waals surface area contributed by atoms with Crippen LogP contribution in [0, 0.1) is 23.7 Å². The fraction of sp³-hybridized carbons (Fsp3) is 0.632. The number of likely N-dealkylation sites (tertiary alicyclic amines) is 1. The Bertz CT molecular complexity index is 1380. The Hall–Kier alpha value is -3.91. The zero-order chi connectivity index (χ0) is 38.3. The molecule has 4 fully saturated rings. The third kappa shape index (κ3) is 15.4. The molecule has 52 heavy (non-hydrogen) atoms. The molecule has 0 aromatic rings. The van der Waals surface area contributed by atoms with Crippen LogP contribution in [-0.2, 0) is 28.8 Å². The maximum atomic E-state index is 12.4. The summed E-state index contributed by atoms with van der Waals surface area (Å²) in [5.74, 6) is -1.03. The van der Waals surface area contributed by atoms with Gasteiger partial charge in [0.15, 0.2) is 0 Å². The Morgan fingerprint density at radius 1 is 0.750 bits per heavy atom. The highest BCUT2D eigenvalue weighted by Gasteiger charge is 2.38. The summed E-state index contributed by atoms with van der Waals surface area (Å²) in [6.45, 7) is 10.3. The van der Waals surface area contributed by atoms with Gasteiger partial charge in [-0.05, 0) is 134 Å². The van der Waals surface area contributed by atoms with Crippen molar-refractivity contribution in [2.75, 3.05) is 45.8 Å². The fourth-order valence-electron chi connectivity index (χ4n) is 6.07. The molecule has 0 spiro atoms. The number of allylic oxidation sites excluding steroid dienone is 2. The van der Waals surface area contributed by atoms with Crippen molar-refractivity contribution in [1.29, 1.82) is 0 Å². The number of aliphatic carboxylic acids is 1. The van der Waals surface area contributed by atoms with Crippen molar-refractivity contribution in [3.8, 4) is 0 Å². The van der Waals surface area contributed by atoms with Gasteiger partial charge in [0.25, 0.3) is 23.6 Å². The van der Waals surface area contributed by atoms with Gasteiger partial charge in [0.2, 0.25) is 0 Å². The lowest BCUT2D eigenvalue weighted by Crippen LogP contribution is -2.39. The van der Waals surface area contributed by atoms with Gasteiger partial charge in [0.05, 0.1) is 0 Å². The number of alkyl halides is 3. The van der Waals surface area contributed by atoms with E-state index in [9.17, 15) is 37.1 Å².